The van der Waals surface area contributed by atoms with E-state index in [0.717, 1.165) is 13.1 Å². The summed E-state index contributed by atoms with van der Waals surface area (Å²) in [5, 5.41) is 8.33. The second kappa shape index (κ2) is 4.10. The van der Waals surface area contributed by atoms with Crippen LogP contribution in [0.3, 0.4) is 0 Å². The molecule has 1 saturated carbocycles. The summed E-state index contributed by atoms with van der Waals surface area (Å²) >= 11 is 0. The van der Waals surface area contributed by atoms with E-state index in [2.05, 4.69) is 0 Å². The van der Waals surface area contributed by atoms with Crippen LogP contribution in [0, 0.1) is 17.2 Å². The van der Waals surface area contributed by atoms with E-state index in [1.165, 1.54) is 12.8 Å². The van der Waals surface area contributed by atoms with Crippen molar-refractivity contribution in [2.24, 2.45) is 5.92 Å². The number of carbonyl (C=O) groups excluding carboxylic acids is 1. The van der Waals surface area contributed by atoms with Crippen LogP contribution in [0.2, 0.25) is 0 Å². The lowest BCUT2D eigenvalue weighted by Gasteiger charge is -2.18. The zero-order valence-corrected chi connectivity index (χ0v) is 7.42. The molecule has 1 fully saturated rings. The van der Waals surface area contributed by atoms with Crippen molar-refractivity contribution in [2.45, 2.75) is 26.2 Å². The molecule has 0 atom stereocenters. The number of amides is 1. The molecule has 0 unspecified atom stereocenters. The van der Waals surface area contributed by atoms with E-state index >= 15 is 0 Å². The summed E-state index contributed by atoms with van der Waals surface area (Å²) in [6.45, 7) is 3.55. The molecule has 0 aromatic heterocycles. The van der Waals surface area contributed by atoms with Gasteiger partial charge in [-0.25, -0.2) is 0 Å². The first-order chi connectivity index (χ1) is 5.77. The summed E-state index contributed by atoms with van der Waals surface area (Å²) < 4.78 is 0. The van der Waals surface area contributed by atoms with Gasteiger partial charge in [-0.3, -0.25) is 4.79 Å². The Balaban J connectivity index is 2.32. The number of nitriles is 1. The maximum Gasteiger partial charge on any atom is 0.236 e. The number of hydrogen-bond acceptors (Lipinski definition) is 2. The Kier molecular flexibility index (Phi) is 3.09. The Bertz CT molecular complexity index is 203. The van der Waals surface area contributed by atoms with Gasteiger partial charge in [0, 0.05) is 13.1 Å². The van der Waals surface area contributed by atoms with Gasteiger partial charge in [0.2, 0.25) is 5.91 Å². The van der Waals surface area contributed by atoms with Gasteiger partial charge in [0.15, 0.2) is 0 Å². The van der Waals surface area contributed by atoms with Gasteiger partial charge in [0.05, 0.1) is 6.07 Å². The van der Waals surface area contributed by atoms with E-state index in [1.807, 2.05) is 13.0 Å². The molecule has 0 radical (unpaired) electrons. The van der Waals surface area contributed by atoms with Crippen molar-refractivity contribution in [1.82, 2.24) is 4.90 Å². The molecule has 0 saturated heterocycles. The summed E-state index contributed by atoms with van der Waals surface area (Å²) in [7, 11) is 0. The molecule has 1 aliphatic rings. The fraction of sp³-hybridized carbons (Fsp3) is 0.778. The highest BCUT2D eigenvalue weighted by Crippen LogP contribution is 2.29. The van der Waals surface area contributed by atoms with Gasteiger partial charge in [-0.1, -0.05) is 0 Å². The smallest absolute Gasteiger partial charge is 0.236 e. The van der Waals surface area contributed by atoms with Crippen LogP contribution >= 0.6 is 0 Å². The van der Waals surface area contributed by atoms with Crippen molar-refractivity contribution in [3.05, 3.63) is 0 Å². The first-order valence-electron chi connectivity index (χ1n) is 4.42. The van der Waals surface area contributed by atoms with Gasteiger partial charge < -0.3 is 4.90 Å². The summed E-state index contributed by atoms with van der Waals surface area (Å²) in [6.07, 6.45) is 2.52. The fourth-order valence-electron chi connectivity index (χ4n) is 1.20. The van der Waals surface area contributed by atoms with Crippen molar-refractivity contribution >= 4 is 5.91 Å². The SMILES string of the molecule is CCN(CC1CC1)C(=O)CC#N. The van der Waals surface area contributed by atoms with E-state index in [1.54, 1.807) is 4.90 Å². The molecule has 0 aromatic carbocycles. The molecular formula is C9H14N2O. The Morgan fingerprint density at radius 1 is 1.67 bits per heavy atom. The lowest BCUT2D eigenvalue weighted by Crippen LogP contribution is -2.32. The third kappa shape index (κ3) is 2.54. The van der Waals surface area contributed by atoms with Crippen LogP contribution in [-0.4, -0.2) is 23.9 Å². The second-order valence-electron chi connectivity index (χ2n) is 3.21. The van der Waals surface area contributed by atoms with Crippen molar-refractivity contribution in [1.29, 1.82) is 5.26 Å². The molecule has 0 spiro atoms. The molecule has 12 heavy (non-hydrogen) atoms. The average molecular weight is 166 g/mol. The van der Waals surface area contributed by atoms with Crippen LogP contribution in [0.5, 0.6) is 0 Å². The fourth-order valence-corrected chi connectivity index (χ4v) is 1.20. The second-order valence-corrected chi connectivity index (χ2v) is 3.21. The Hall–Kier alpha value is -1.04. The maximum absolute atomic E-state index is 11.2. The van der Waals surface area contributed by atoms with Crippen molar-refractivity contribution in [3.8, 4) is 6.07 Å². The third-order valence-corrected chi connectivity index (χ3v) is 2.14. The maximum atomic E-state index is 11.2. The first-order valence-corrected chi connectivity index (χ1v) is 4.42. The van der Waals surface area contributed by atoms with Crippen LogP contribution < -0.4 is 0 Å². The minimum absolute atomic E-state index is 0.0214. The summed E-state index contributed by atoms with van der Waals surface area (Å²) in [5.74, 6) is 0.694. The van der Waals surface area contributed by atoms with Crippen LogP contribution in [-0.2, 0) is 4.79 Å². The van der Waals surface area contributed by atoms with E-state index in [4.69, 9.17) is 5.26 Å². The Morgan fingerprint density at radius 3 is 2.75 bits per heavy atom. The molecule has 3 heteroatoms. The highest BCUT2D eigenvalue weighted by Gasteiger charge is 2.25. The highest BCUT2D eigenvalue weighted by molar-refractivity contribution is 5.78. The molecule has 1 rings (SSSR count). The first kappa shape index (κ1) is 9.05. The lowest BCUT2D eigenvalue weighted by atomic mass is 10.3. The lowest BCUT2D eigenvalue weighted by molar-refractivity contribution is -0.130. The third-order valence-electron chi connectivity index (χ3n) is 2.14. The molecule has 0 heterocycles. The van der Waals surface area contributed by atoms with Crippen LogP contribution in [0.1, 0.15) is 26.2 Å². The van der Waals surface area contributed by atoms with Crippen LogP contribution in [0.25, 0.3) is 0 Å². The number of nitrogens with zero attached hydrogens (tertiary/aromatic N) is 2. The minimum Gasteiger partial charge on any atom is -0.342 e. The minimum atomic E-state index is -0.0214. The van der Waals surface area contributed by atoms with Crippen molar-refractivity contribution in [3.63, 3.8) is 0 Å². The summed E-state index contributed by atoms with van der Waals surface area (Å²) in [6, 6.07) is 1.88. The van der Waals surface area contributed by atoms with E-state index in [9.17, 15) is 4.79 Å². The molecule has 0 aromatic rings. The van der Waals surface area contributed by atoms with Crippen molar-refractivity contribution in [2.75, 3.05) is 13.1 Å². The van der Waals surface area contributed by atoms with Gasteiger partial charge in [0.1, 0.15) is 6.42 Å². The molecule has 1 amide bonds. The molecule has 0 N–H and O–H groups in total. The number of carbonyl (C=O) groups is 1. The van der Waals surface area contributed by atoms with E-state index < -0.39 is 0 Å². The molecule has 3 nitrogen and oxygen atoms in total. The molecular weight excluding hydrogens is 152 g/mol. The van der Waals surface area contributed by atoms with Gasteiger partial charge in [0.25, 0.3) is 0 Å². The topological polar surface area (TPSA) is 44.1 Å². The van der Waals surface area contributed by atoms with Crippen LogP contribution in [0.15, 0.2) is 0 Å². The average Bonchev–Trinajstić information content (AvgIpc) is 2.84. The monoisotopic (exact) mass is 166 g/mol. The van der Waals surface area contributed by atoms with Gasteiger partial charge in [-0.15, -0.1) is 0 Å². The van der Waals surface area contributed by atoms with Gasteiger partial charge >= 0.3 is 0 Å². The van der Waals surface area contributed by atoms with E-state index in [0.29, 0.717) is 5.92 Å². The zero-order valence-electron chi connectivity index (χ0n) is 7.42. The Labute approximate surface area is 73.0 Å². The van der Waals surface area contributed by atoms with Crippen molar-refractivity contribution < 1.29 is 4.79 Å². The standard InChI is InChI=1S/C9H14N2O/c1-2-11(7-8-3-4-8)9(12)5-6-10/h8H,2-5,7H2,1H3. The molecule has 1 aliphatic carbocycles. The predicted molar refractivity (Wildman–Crippen MR) is 45.2 cm³/mol. The Morgan fingerprint density at radius 2 is 2.33 bits per heavy atom. The molecule has 0 bridgehead atoms. The highest BCUT2D eigenvalue weighted by atomic mass is 16.2. The summed E-state index contributed by atoms with van der Waals surface area (Å²) in [5.41, 5.74) is 0. The van der Waals surface area contributed by atoms with Gasteiger partial charge in [-0.05, 0) is 25.7 Å². The van der Waals surface area contributed by atoms with E-state index in [-0.39, 0.29) is 12.3 Å². The largest absolute Gasteiger partial charge is 0.342 e. The van der Waals surface area contributed by atoms with Crippen LogP contribution in [0.4, 0.5) is 0 Å². The normalized spacial score (nSPS) is 15.3. The number of hydrogen-bond donors (Lipinski definition) is 0. The quantitative estimate of drug-likeness (QED) is 0.629. The number of rotatable bonds is 4. The zero-order chi connectivity index (χ0) is 8.97. The summed E-state index contributed by atoms with van der Waals surface area (Å²) in [4.78, 5) is 13.0. The predicted octanol–water partition coefficient (Wildman–Crippen LogP) is 1.16. The molecule has 0 aliphatic heterocycles. The molecule has 66 valence electrons. The van der Waals surface area contributed by atoms with Gasteiger partial charge in [-0.2, -0.15) is 5.26 Å².